The molecule has 0 aromatic heterocycles. The Bertz CT molecular complexity index is 176. The molecule has 1 heterocycles. The molecule has 0 aliphatic carbocycles. The van der Waals surface area contributed by atoms with E-state index in [1.165, 1.54) is 0 Å². The van der Waals surface area contributed by atoms with E-state index in [9.17, 15) is 4.79 Å². The summed E-state index contributed by atoms with van der Waals surface area (Å²) in [5.74, 6) is 0. The molecule has 1 fully saturated rings. The van der Waals surface area contributed by atoms with Gasteiger partial charge in [0.15, 0.2) is 0 Å². The summed E-state index contributed by atoms with van der Waals surface area (Å²) in [6.07, 6.45) is 1.73. The van der Waals surface area contributed by atoms with E-state index in [4.69, 9.17) is 4.74 Å². The molecule has 1 amide bonds. The van der Waals surface area contributed by atoms with Gasteiger partial charge < -0.3 is 9.64 Å². The largest absolute Gasteiger partial charge is 0.447 e. The second-order valence-corrected chi connectivity index (χ2v) is 4.38. The maximum absolute atomic E-state index is 11.4. The van der Waals surface area contributed by atoms with Gasteiger partial charge in [0.05, 0.1) is 6.10 Å². The van der Waals surface area contributed by atoms with Crippen LogP contribution in [-0.2, 0) is 4.74 Å². The van der Waals surface area contributed by atoms with Crippen LogP contribution in [0.25, 0.3) is 0 Å². The molecular weight excluding hydrogens is 186 g/mol. The van der Waals surface area contributed by atoms with Crippen LogP contribution in [0.2, 0.25) is 0 Å². The van der Waals surface area contributed by atoms with E-state index in [1.807, 2.05) is 13.8 Å². The van der Waals surface area contributed by atoms with Crippen molar-refractivity contribution in [2.24, 2.45) is 0 Å². The first-order valence-corrected chi connectivity index (χ1v) is 5.25. The van der Waals surface area contributed by atoms with Crippen molar-refractivity contribution in [3.63, 3.8) is 0 Å². The van der Waals surface area contributed by atoms with Crippen molar-refractivity contribution in [3.05, 3.63) is 0 Å². The van der Waals surface area contributed by atoms with Crippen molar-refractivity contribution in [2.45, 2.75) is 38.0 Å². The zero-order chi connectivity index (χ0) is 9.84. The van der Waals surface area contributed by atoms with Crippen molar-refractivity contribution in [3.8, 4) is 0 Å². The van der Waals surface area contributed by atoms with Gasteiger partial charge in [-0.25, -0.2) is 4.79 Å². The minimum absolute atomic E-state index is 0.0266. The van der Waals surface area contributed by atoms with E-state index < -0.39 is 0 Å². The van der Waals surface area contributed by atoms with E-state index in [2.05, 4.69) is 12.6 Å². The van der Waals surface area contributed by atoms with E-state index >= 15 is 0 Å². The highest BCUT2D eigenvalue weighted by atomic mass is 32.1. The van der Waals surface area contributed by atoms with Crippen LogP contribution in [0, 0.1) is 0 Å². The topological polar surface area (TPSA) is 29.5 Å². The van der Waals surface area contributed by atoms with E-state index in [1.54, 1.807) is 4.90 Å². The fraction of sp³-hybridized carbons (Fsp3) is 0.889. The van der Waals surface area contributed by atoms with Crippen LogP contribution in [0.1, 0.15) is 26.7 Å². The fourth-order valence-corrected chi connectivity index (χ4v) is 1.56. The Morgan fingerprint density at radius 1 is 1.46 bits per heavy atom. The first-order chi connectivity index (χ1) is 6.09. The molecule has 13 heavy (non-hydrogen) atoms. The normalized spacial score (nSPS) is 19.2. The molecule has 3 nitrogen and oxygen atoms in total. The molecule has 0 N–H and O–H groups in total. The number of hydrogen-bond donors (Lipinski definition) is 1. The van der Waals surface area contributed by atoms with Gasteiger partial charge in [-0.1, -0.05) is 0 Å². The predicted octanol–water partition coefficient (Wildman–Crippen LogP) is 1.93. The van der Waals surface area contributed by atoms with Gasteiger partial charge in [-0.3, -0.25) is 0 Å². The third kappa shape index (κ3) is 3.46. The molecule has 0 aromatic rings. The van der Waals surface area contributed by atoms with E-state index in [0.717, 1.165) is 25.9 Å². The summed E-state index contributed by atoms with van der Waals surface area (Å²) in [5, 5.41) is 0.447. The van der Waals surface area contributed by atoms with Gasteiger partial charge in [-0.05, 0) is 26.7 Å². The van der Waals surface area contributed by atoms with Gasteiger partial charge in [0.1, 0.15) is 0 Å². The van der Waals surface area contributed by atoms with E-state index in [-0.39, 0.29) is 12.2 Å². The molecule has 0 saturated carbocycles. The Labute approximate surface area is 84.8 Å². The first kappa shape index (κ1) is 10.7. The standard InChI is InChI=1S/C9H17NO2S/c1-7(2)12-9(11)10-5-3-8(13)4-6-10/h7-8,13H,3-6H2,1-2H3. The highest BCUT2D eigenvalue weighted by Gasteiger charge is 2.22. The zero-order valence-corrected chi connectivity index (χ0v) is 9.09. The molecule has 0 bridgehead atoms. The van der Waals surface area contributed by atoms with Crippen molar-refractivity contribution in [2.75, 3.05) is 13.1 Å². The molecule has 1 aliphatic heterocycles. The summed E-state index contributed by atoms with van der Waals surface area (Å²) in [4.78, 5) is 13.2. The molecule has 0 spiro atoms. The number of likely N-dealkylation sites (tertiary alicyclic amines) is 1. The van der Waals surface area contributed by atoms with Crippen molar-refractivity contribution in [1.82, 2.24) is 4.90 Å². The average molecular weight is 203 g/mol. The highest BCUT2D eigenvalue weighted by Crippen LogP contribution is 2.15. The van der Waals surface area contributed by atoms with Crippen LogP contribution >= 0.6 is 12.6 Å². The summed E-state index contributed by atoms with van der Waals surface area (Å²) in [6.45, 7) is 5.28. The third-order valence-electron chi connectivity index (χ3n) is 2.06. The zero-order valence-electron chi connectivity index (χ0n) is 8.19. The fourth-order valence-electron chi connectivity index (χ4n) is 1.32. The summed E-state index contributed by atoms with van der Waals surface area (Å²) >= 11 is 4.36. The molecule has 4 heteroatoms. The minimum atomic E-state index is -0.185. The van der Waals surface area contributed by atoms with Crippen LogP contribution in [0.5, 0.6) is 0 Å². The monoisotopic (exact) mass is 203 g/mol. The Morgan fingerprint density at radius 3 is 2.46 bits per heavy atom. The highest BCUT2D eigenvalue weighted by molar-refractivity contribution is 7.80. The van der Waals surface area contributed by atoms with Crippen LogP contribution in [0.4, 0.5) is 4.79 Å². The van der Waals surface area contributed by atoms with Gasteiger partial charge in [-0.2, -0.15) is 12.6 Å². The van der Waals surface area contributed by atoms with Crippen molar-refractivity contribution >= 4 is 18.7 Å². The van der Waals surface area contributed by atoms with Gasteiger partial charge in [0.2, 0.25) is 0 Å². The van der Waals surface area contributed by atoms with E-state index in [0.29, 0.717) is 5.25 Å². The van der Waals surface area contributed by atoms with Gasteiger partial charge in [-0.15, -0.1) is 0 Å². The molecule has 76 valence electrons. The Morgan fingerprint density at radius 2 is 2.00 bits per heavy atom. The number of carbonyl (C=O) groups is 1. The summed E-state index contributed by atoms with van der Waals surface area (Å²) in [5.41, 5.74) is 0. The molecule has 0 radical (unpaired) electrons. The molecule has 1 rings (SSSR count). The first-order valence-electron chi connectivity index (χ1n) is 4.73. The number of ether oxygens (including phenoxy) is 1. The molecular formula is C9H17NO2S. The van der Waals surface area contributed by atoms with Gasteiger partial charge in [0.25, 0.3) is 0 Å². The lowest BCUT2D eigenvalue weighted by molar-refractivity contribution is 0.0717. The molecule has 1 saturated heterocycles. The quantitative estimate of drug-likeness (QED) is 0.660. The number of piperidine rings is 1. The van der Waals surface area contributed by atoms with Crippen LogP contribution in [0.3, 0.4) is 0 Å². The Balaban J connectivity index is 2.31. The number of thiol groups is 1. The third-order valence-corrected chi connectivity index (χ3v) is 2.58. The smallest absolute Gasteiger partial charge is 0.410 e. The lowest BCUT2D eigenvalue weighted by atomic mass is 10.1. The second-order valence-electron chi connectivity index (χ2n) is 3.65. The molecule has 1 aliphatic rings. The Hall–Kier alpha value is -0.380. The lowest BCUT2D eigenvalue weighted by Crippen LogP contribution is -2.40. The lowest BCUT2D eigenvalue weighted by Gasteiger charge is -2.29. The molecule has 0 unspecified atom stereocenters. The Kier molecular flexibility index (Phi) is 3.90. The number of amides is 1. The molecule has 0 aromatic carbocycles. The van der Waals surface area contributed by atoms with Crippen LogP contribution in [-0.4, -0.2) is 35.4 Å². The minimum Gasteiger partial charge on any atom is -0.447 e. The molecule has 0 atom stereocenters. The maximum Gasteiger partial charge on any atom is 0.410 e. The van der Waals surface area contributed by atoms with Crippen molar-refractivity contribution in [1.29, 1.82) is 0 Å². The second kappa shape index (κ2) is 4.74. The van der Waals surface area contributed by atoms with Crippen LogP contribution < -0.4 is 0 Å². The maximum atomic E-state index is 11.4. The number of hydrogen-bond acceptors (Lipinski definition) is 3. The SMILES string of the molecule is CC(C)OC(=O)N1CCC(S)CC1. The summed E-state index contributed by atoms with van der Waals surface area (Å²) in [7, 11) is 0. The predicted molar refractivity (Wildman–Crippen MR) is 55.2 cm³/mol. The van der Waals surface area contributed by atoms with Crippen LogP contribution in [0.15, 0.2) is 0 Å². The van der Waals surface area contributed by atoms with Gasteiger partial charge in [0, 0.05) is 18.3 Å². The van der Waals surface area contributed by atoms with Gasteiger partial charge >= 0.3 is 6.09 Å². The summed E-state index contributed by atoms with van der Waals surface area (Å²) < 4.78 is 5.09. The average Bonchev–Trinajstić information content (AvgIpc) is 2.04. The number of rotatable bonds is 1. The number of carbonyl (C=O) groups excluding carboxylic acids is 1. The number of nitrogens with zero attached hydrogens (tertiary/aromatic N) is 1. The summed E-state index contributed by atoms with van der Waals surface area (Å²) in [6, 6.07) is 0. The van der Waals surface area contributed by atoms with Crippen molar-refractivity contribution < 1.29 is 9.53 Å².